The van der Waals surface area contributed by atoms with Gasteiger partial charge in [-0.25, -0.2) is 0 Å². The normalized spacial score (nSPS) is 34.3. The van der Waals surface area contributed by atoms with Crippen LogP contribution in [0.4, 0.5) is 0 Å². The second kappa shape index (κ2) is 4.12. The quantitative estimate of drug-likeness (QED) is 0.724. The van der Waals surface area contributed by atoms with E-state index >= 15 is 0 Å². The maximum absolute atomic E-state index is 12.1. The fourth-order valence-corrected chi connectivity index (χ4v) is 2.89. The van der Waals surface area contributed by atoms with Crippen LogP contribution in [0.1, 0.15) is 46.0 Å². The van der Waals surface area contributed by atoms with Crippen molar-refractivity contribution in [3.05, 3.63) is 0 Å². The third-order valence-electron chi connectivity index (χ3n) is 3.99. The molecular weight excluding hydrogens is 188 g/mol. The van der Waals surface area contributed by atoms with Gasteiger partial charge in [-0.05, 0) is 39.7 Å². The monoisotopic (exact) mass is 210 g/mol. The number of hydrogen-bond donors (Lipinski definition) is 2. The van der Waals surface area contributed by atoms with Crippen LogP contribution in [-0.2, 0) is 4.79 Å². The summed E-state index contributed by atoms with van der Waals surface area (Å²) < 4.78 is 0. The van der Waals surface area contributed by atoms with Crippen molar-refractivity contribution in [3.63, 3.8) is 0 Å². The maximum atomic E-state index is 12.1. The summed E-state index contributed by atoms with van der Waals surface area (Å²) >= 11 is 0. The van der Waals surface area contributed by atoms with E-state index in [1.165, 1.54) is 12.8 Å². The molecule has 0 bridgehead atoms. The van der Waals surface area contributed by atoms with Gasteiger partial charge in [-0.15, -0.1) is 0 Å². The molecular formula is C12H22N2O. The molecule has 3 nitrogen and oxygen atoms in total. The van der Waals surface area contributed by atoms with Crippen LogP contribution in [0, 0.1) is 5.92 Å². The summed E-state index contributed by atoms with van der Waals surface area (Å²) in [4.78, 5) is 12.1. The van der Waals surface area contributed by atoms with Gasteiger partial charge in [-0.1, -0.05) is 12.8 Å². The lowest BCUT2D eigenvalue weighted by molar-refractivity contribution is -0.126. The minimum absolute atomic E-state index is 0.0827. The molecule has 0 aromatic heterocycles. The summed E-state index contributed by atoms with van der Waals surface area (Å²) in [7, 11) is 0. The van der Waals surface area contributed by atoms with Crippen LogP contribution < -0.4 is 10.6 Å². The molecule has 1 aliphatic carbocycles. The molecule has 0 spiro atoms. The molecule has 2 aliphatic rings. The van der Waals surface area contributed by atoms with E-state index in [4.69, 9.17) is 0 Å². The molecule has 2 rings (SSSR count). The first-order chi connectivity index (χ1) is 7.11. The van der Waals surface area contributed by atoms with Crippen molar-refractivity contribution in [1.82, 2.24) is 10.6 Å². The van der Waals surface area contributed by atoms with Gasteiger partial charge in [-0.2, -0.15) is 0 Å². The summed E-state index contributed by atoms with van der Waals surface area (Å²) in [5, 5.41) is 6.58. The predicted octanol–water partition coefficient (Wildman–Crippen LogP) is 1.43. The van der Waals surface area contributed by atoms with Gasteiger partial charge in [0.25, 0.3) is 0 Å². The molecule has 2 N–H and O–H groups in total. The van der Waals surface area contributed by atoms with Crippen molar-refractivity contribution in [2.24, 2.45) is 5.92 Å². The average Bonchev–Trinajstić information content (AvgIpc) is 2.74. The van der Waals surface area contributed by atoms with Gasteiger partial charge in [0.1, 0.15) is 0 Å². The Morgan fingerprint density at radius 3 is 2.60 bits per heavy atom. The van der Waals surface area contributed by atoms with Crippen LogP contribution in [0.5, 0.6) is 0 Å². The van der Waals surface area contributed by atoms with Crippen LogP contribution >= 0.6 is 0 Å². The standard InChI is InChI=1S/C12H22N2O/c1-9-10(5-8-13-9)11(15)14-12(2)6-3-4-7-12/h9-10,13H,3-8H2,1-2H3,(H,14,15). The second-order valence-corrected chi connectivity index (χ2v) is 5.39. The summed E-state index contributed by atoms with van der Waals surface area (Å²) in [5.74, 6) is 0.444. The third-order valence-corrected chi connectivity index (χ3v) is 3.99. The molecule has 0 aromatic carbocycles. The fourth-order valence-electron chi connectivity index (χ4n) is 2.89. The predicted molar refractivity (Wildman–Crippen MR) is 60.6 cm³/mol. The zero-order valence-electron chi connectivity index (χ0n) is 9.81. The Hall–Kier alpha value is -0.570. The van der Waals surface area contributed by atoms with E-state index in [-0.39, 0.29) is 17.4 Å². The van der Waals surface area contributed by atoms with Gasteiger partial charge in [0.05, 0.1) is 5.92 Å². The van der Waals surface area contributed by atoms with Gasteiger partial charge in [-0.3, -0.25) is 4.79 Å². The molecule has 2 unspecified atom stereocenters. The van der Waals surface area contributed by atoms with E-state index in [1.807, 2.05) is 0 Å². The first-order valence-electron chi connectivity index (χ1n) is 6.16. The summed E-state index contributed by atoms with van der Waals surface area (Å²) in [5.41, 5.74) is 0.0827. The molecule has 15 heavy (non-hydrogen) atoms. The van der Waals surface area contributed by atoms with Crippen LogP contribution in [0.2, 0.25) is 0 Å². The van der Waals surface area contributed by atoms with Gasteiger partial charge in [0.15, 0.2) is 0 Å². The summed E-state index contributed by atoms with van der Waals surface area (Å²) in [6.45, 7) is 5.27. The van der Waals surface area contributed by atoms with Crippen LogP contribution in [0.25, 0.3) is 0 Å². The average molecular weight is 210 g/mol. The minimum Gasteiger partial charge on any atom is -0.351 e. The third kappa shape index (κ3) is 2.33. The van der Waals surface area contributed by atoms with Crippen molar-refractivity contribution >= 4 is 5.91 Å². The fraction of sp³-hybridized carbons (Fsp3) is 0.917. The van der Waals surface area contributed by atoms with E-state index in [2.05, 4.69) is 24.5 Å². The van der Waals surface area contributed by atoms with E-state index in [0.29, 0.717) is 6.04 Å². The number of carbonyl (C=O) groups excluding carboxylic acids is 1. The highest BCUT2D eigenvalue weighted by Gasteiger charge is 2.35. The highest BCUT2D eigenvalue weighted by Crippen LogP contribution is 2.29. The van der Waals surface area contributed by atoms with E-state index < -0.39 is 0 Å². The van der Waals surface area contributed by atoms with Crippen LogP contribution in [0.3, 0.4) is 0 Å². The molecule has 2 atom stereocenters. The Bertz CT molecular complexity index is 246. The zero-order valence-corrected chi connectivity index (χ0v) is 9.81. The lowest BCUT2D eigenvalue weighted by Crippen LogP contribution is -2.48. The Morgan fingerprint density at radius 2 is 2.07 bits per heavy atom. The minimum atomic E-state index is 0.0827. The number of carbonyl (C=O) groups is 1. The molecule has 0 aromatic rings. The lowest BCUT2D eigenvalue weighted by atomic mass is 9.96. The van der Waals surface area contributed by atoms with Gasteiger partial charge in [0, 0.05) is 11.6 Å². The topological polar surface area (TPSA) is 41.1 Å². The van der Waals surface area contributed by atoms with E-state index in [0.717, 1.165) is 25.8 Å². The highest BCUT2D eigenvalue weighted by molar-refractivity contribution is 5.80. The van der Waals surface area contributed by atoms with Crippen LogP contribution in [0.15, 0.2) is 0 Å². The van der Waals surface area contributed by atoms with E-state index in [1.54, 1.807) is 0 Å². The van der Waals surface area contributed by atoms with E-state index in [9.17, 15) is 4.79 Å². The highest BCUT2D eigenvalue weighted by atomic mass is 16.2. The molecule has 1 saturated carbocycles. The summed E-state index contributed by atoms with van der Waals surface area (Å²) in [6.07, 6.45) is 5.80. The maximum Gasteiger partial charge on any atom is 0.225 e. The Balaban J connectivity index is 1.91. The van der Waals surface area contributed by atoms with Crippen molar-refractivity contribution in [2.75, 3.05) is 6.54 Å². The van der Waals surface area contributed by atoms with Crippen molar-refractivity contribution < 1.29 is 4.79 Å². The first kappa shape index (κ1) is 10.9. The molecule has 3 heteroatoms. The second-order valence-electron chi connectivity index (χ2n) is 5.39. The zero-order chi connectivity index (χ0) is 10.9. The van der Waals surface area contributed by atoms with Gasteiger partial charge >= 0.3 is 0 Å². The van der Waals surface area contributed by atoms with Gasteiger partial charge in [0.2, 0.25) is 5.91 Å². The molecule has 1 heterocycles. The first-order valence-corrected chi connectivity index (χ1v) is 6.16. The largest absolute Gasteiger partial charge is 0.351 e. The van der Waals surface area contributed by atoms with Crippen molar-refractivity contribution in [1.29, 1.82) is 0 Å². The lowest BCUT2D eigenvalue weighted by Gasteiger charge is -2.28. The number of amides is 1. The summed E-state index contributed by atoms with van der Waals surface area (Å²) in [6, 6.07) is 0.343. The number of hydrogen-bond acceptors (Lipinski definition) is 2. The molecule has 2 fully saturated rings. The van der Waals surface area contributed by atoms with Gasteiger partial charge < -0.3 is 10.6 Å². The smallest absolute Gasteiger partial charge is 0.225 e. The Morgan fingerprint density at radius 1 is 1.40 bits per heavy atom. The molecule has 1 aliphatic heterocycles. The molecule has 86 valence electrons. The molecule has 0 radical (unpaired) electrons. The Kier molecular flexibility index (Phi) is 3.01. The van der Waals surface area contributed by atoms with Crippen LogP contribution in [-0.4, -0.2) is 24.0 Å². The SMILES string of the molecule is CC1NCCC1C(=O)NC1(C)CCCC1. The number of nitrogens with one attached hydrogen (secondary N) is 2. The molecule has 1 saturated heterocycles. The molecule has 1 amide bonds. The number of rotatable bonds is 2. The van der Waals surface area contributed by atoms with Crippen molar-refractivity contribution in [3.8, 4) is 0 Å². The Labute approximate surface area is 92.0 Å². The van der Waals surface area contributed by atoms with Crippen molar-refractivity contribution in [2.45, 2.75) is 57.5 Å².